The van der Waals surface area contributed by atoms with E-state index in [4.69, 9.17) is 11.6 Å². The van der Waals surface area contributed by atoms with Crippen LogP contribution < -0.4 is 4.90 Å². The van der Waals surface area contributed by atoms with E-state index >= 15 is 0 Å². The summed E-state index contributed by atoms with van der Waals surface area (Å²) in [5, 5.41) is 0.933. The Labute approximate surface area is 183 Å². The minimum atomic E-state index is -0.0262. The summed E-state index contributed by atoms with van der Waals surface area (Å²) in [6, 6.07) is 6.48. The van der Waals surface area contributed by atoms with Crippen LogP contribution in [-0.2, 0) is 10.2 Å². The molecule has 0 bridgehead atoms. The quantitative estimate of drug-likeness (QED) is 0.548. The molecule has 1 aromatic carbocycles. The number of carbonyl (C=O) groups excluding carboxylic acids is 1. The molecule has 1 saturated heterocycles. The number of rotatable bonds is 2. The van der Waals surface area contributed by atoms with E-state index in [1.807, 2.05) is 0 Å². The van der Waals surface area contributed by atoms with Gasteiger partial charge in [0.05, 0.1) is 6.20 Å². The van der Waals surface area contributed by atoms with Gasteiger partial charge in [-0.1, -0.05) is 58.1 Å². The van der Waals surface area contributed by atoms with Gasteiger partial charge >= 0.3 is 0 Å². The lowest BCUT2D eigenvalue weighted by Crippen LogP contribution is -2.40. The van der Waals surface area contributed by atoms with Crippen molar-refractivity contribution in [2.75, 3.05) is 24.5 Å². The highest BCUT2D eigenvalue weighted by molar-refractivity contribution is 9.10. The number of hydrogen-bond acceptors (Lipinski definition) is 4. The Bertz CT molecular complexity index is 913. The molecule has 1 saturated carbocycles. The summed E-state index contributed by atoms with van der Waals surface area (Å²) >= 11 is 11.3. The Morgan fingerprint density at radius 3 is 2.82 bits per heavy atom. The first-order chi connectivity index (χ1) is 13.6. The molecule has 28 heavy (non-hydrogen) atoms. The van der Waals surface area contributed by atoms with Gasteiger partial charge in [0.2, 0.25) is 5.91 Å². The third kappa shape index (κ3) is 3.17. The molecule has 0 N–H and O–H groups in total. The second-order valence-corrected chi connectivity index (χ2v) is 10.9. The predicted octanol–water partition coefficient (Wildman–Crippen LogP) is 5.76. The Balaban J connectivity index is 1.45. The molecule has 1 aliphatic carbocycles. The summed E-state index contributed by atoms with van der Waals surface area (Å²) < 4.78 is 1.79. The van der Waals surface area contributed by atoms with Crippen molar-refractivity contribution in [3.8, 4) is 0 Å². The smallest absolute Gasteiger partial charge is 0.225 e. The molecular formula is C21H23BrClN3OS. The van der Waals surface area contributed by atoms with Crippen molar-refractivity contribution in [2.45, 2.75) is 43.9 Å². The van der Waals surface area contributed by atoms with Crippen molar-refractivity contribution in [2.24, 2.45) is 5.92 Å². The number of anilines is 2. The molecule has 1 spiro atoms. The molecule has 148 valence electrons. The van der Waals surface area contributed by atoms with E-state index in [1.54, 1.807) is 6.20 Å². The molecule has 1 atom stereocenters. The SMILES string of the molecule is O=C(C1CCCCC1)N1CCC2(C1)CN(c1ncc(Cl)s1)c1ccc(Br)cc12. The number of likely N-dealkylation sites (tertiary alicyclic amines) is 1. The number of nitrogens with zero attached hydrogens (tertiary/aromatic N) is 3. The van der Waals surface area contributed by atoms with Gasteiger partial charge in [0, 0.05) is 41.1 Å². The summed E-state index contributed by atoms with van der Waals surface area (Å²) in [5.41, 5.74) is 2.50. The highest BCUT2D eigenvalue weighted by atomic mass is 79.9. The number of amides is 1. The lowest BCUT2D eigenvalue weighted by atomic mass is 9.81. The fraction of sp³-hybridized carbons (Fsp3) is 0.524. The van der Waals surface area contributed by atoms with Gasteiger partial charge in [0.15, 0.2) is 5.13 Å². The average Bonchev–Trinajstić information content (AvgIpc) is 3.41. The lowest BCUT2D eigenvalue weighted by molar-refractivity contribution is -0.135. The molecule has 1 unspecified atom stereocenters. The van der Waals surface area contributed by atoms with Gasteiger partial charge in [0.1, 0.15) is 4.34 Å². The van der Waals surface area contributed by atoms with Crippen LogP contribution >= 0.6 is 38.9 Å². The fourth-order valence-electron chi connectivity index (χ4n) is 5.20. The van der Waals surface area contributed by atoms with Gasteiger partial charge in [0.25, 0.3) is 0 Å². The number of halogens is 2. The Kier molecular flexibility index (Phi) is 4.92. The van der Waals surface area contributed by atoms with Crippen LogP contribution in [0.5, 0.6) is 0 Å². The first kappa shape index (κ1) is 18.9. The van der Waals surface area contributed by atoms with E-state index in [0.717, 1.165) is 48.5 Å². The van der Waals surface area contributed by atoms with E-state index in [0.29, 0.717) is 10.2 Å². The number of benzene rings is 1. The number of hydrogen-bond donors (Lipinski definition) is 0. The minimum Gasteiger partial charge on any atom is -0.341 e. The van der Waals surface area contributed by atoms with Gasteiger partial charge in [-0.15, -0.1) is 0 Å². The van der Waals surface area contributed by atoms with Crippen molar-refractivity contribution in [1.82, 2.24) is 9.88 Å². The summed E-state index contributed by atoms with van der Waals surface area (Å²) in [6.07, 6.45) is 8.53. The number of aromatic nitrogens is 1. The molecule has 2 aliphatic heterocycles. The topological polar surface area (TPSA) is 36.4 Å². The van der Waals surface area contributed by atoms with Gasteiger partial charge in [-0.2, -0.15) is 0 Å². The first-order valence-electron chi connectivity index (χ1n) is 10.0. The largest absolute Gasteiger partial charge is 0.341 e. The lowest BCUT2D eigenvalue weighted by Gasteiger charge is -2.29. The second kappa shape index (κ2) is 7.29. The van der Waals surface area contributed by atoms with Gasteiger partial charge in [-0.05, 0) is 43.0 Å². The van der Waals surface area contributed by atoms with E-state index in [9.17, 15) is 4.79 Å². The van der Waals surface area contributed by atoms with Crippen LogP contribution in [0.25, 0.3) is 0 Å². The highest BCUT2D eigenvalue weighted by Gasteiger charge is 2.49. The van der Waals surface area contributed by atoms with Crippen LogP contribution in [0.4, 0.5) is 10.8 Å². The number of thiazole rings is 1. The molecule has 4 nitrogen and oxygen atoms in total. The summed E-state index contributed by atoms with van der Waals surface area (Å²) in [4.78, 5) is 22.1. The number of fused-ring (bicyclic) bond motifs is 2. The summed E-state index contributed by atoms with van der Waals surface area (Å²) in [7, 11) is 0. The van der Waals surface area contributed by atoms with Crippen molar-refractivity contribution in [3.63, 3.8) is 0 Å². The third-order valence-electron chi connectivity index (χ3n) is 6.60. The third-order valence-corrected chi connectivity index (χ3v) is 8.23. The molecular weight excluding hydrogens is 458 g/mol. The van der Waals surface area contributed by atoms with Crippen LogP contribution in [0.2, 0.25) is 4.34 Å². The molecule has 1 aromatic heterocycles. The van der Waals surface area contributed by atoms with E-state index in [2.05, 4.69) is 48.9 Å². The van der Waals surface area contributed by atoms with Crippen molar-refractivity contribution >= 4 is 55.6 Å². The zero-order valence-corrected chi connectivity index (χ0v) is 18.8. The minimum absolute atomic E-state index is 0.0262. The number of carbonyl (C=O) groups is 1. The molecule has 1 amide bonds. The predicted molar refractivity (Wildman–Crippen MR) is 118 cm³/mol. The van der Waals surface area contributed by atoms with Crippen molar-refractivity contribution in [1.29, 1.82) is 0 Å². The molecule has 5 rings (SSSR count). The highest BCUT2D eigenvalue weighted by Crippen LogP contribution is 2.51. The molecule has 2 aromatic rings. The monoisotopic (exact) mass is 479 g/mol. The van der Waals surface area contributed by atoms with Crippen molar-refractivity contribution < 1.29 is 4.79 Å². The van der Waals surface area contributed by atoms with Crippen molar-refractivity contribution in [3.05, 3.63) is 38.8 Å². The maximum Gasteiger partial charge on any atom is 0.225 e. The summed E-state index contributed by atoms with van der Waals surface area (Å²) in [6.45, 7) is 2.52. The zero-order chi connectivity index (χ0) is 19.3. The van der Waals surface area contributed by atoms with Crippen LogP contribution in [0.15, 0.2) is 28.9 Å². The fourth-order valence-corrected chi connectivity index (χ4v) is 6.48. The first-order valence-corrected chi connectivity index (χ1v) is 12.0. The van der Waals surface area contributed by atoms with Gasteiger partial charge in [-0.25, -0.2) is 4.98 Å². The zero-order valence-electron chi connectivity index (χ0n) is 15.7. The maximum atomic E-state index is 13.1. The molecule has 3 aliphatic rings. The van der Waals surface area contributed by atoms with Gasteiger partial charge < -0.3 is 9.80 Å². The summed E-state index contributed by atoms with van der Waals surface area (Å²) in [5.74, 6) is 0.616. The standard InChI is InChI=1S/C21H23BrClN3OS/c22-15-6-7-17-16(10-15)21(13-26(17)20-24-11-18(23)28-20)8-9-25(12-21)19(27)14-4-2-1-3-5-14/h6-7,10-11,14H,1-5,8-9,12-13H2. The second-order valence-electron chi connectivity index (χ2n) is 8.32. The molecule has 7 heteroatoms. The maximum absolute atomic E-state index is 13.1. The Morgan fingerprint density at radius 1 is 1.25 bits per heavy atom. The van der Waals surface area contributed by atoms with E-state index < -0.39 is 0 Å². The van der Waals surface area contributed by atoms with Crippen LogP contribution in [-0.4, -0.2) is 35.4 Å². The van der Waals surface area contributed by atoms with Crippen LogP contribution in [0, 0.1) is 5.92 Å². The molecule has 0 radical (unpaired) electrons. The normalized spacial score (nSPS) is 24.9. The molecule has 2 fully saturated rings. The van der Waals surface area contributed by atoms with Crippen LogP contribution in [0.1, 0.15) is 44.1 Å². The van der Waals surface area contributed by atoms with Crippen LogP contribution in [0.3, 0.4) is 0 Å². The molecule has 3 heterocycles. The van der Waals surface area contributed by atoms with E-state index in [1.165, 1.54) is 41.9 Å². The van der Waals surface area contributed by atoms with E-state index in [-0.39, 0.29) is 11.3 Å². The average molecular weight is 481 g/mol. The van der Waals surface area contributed by atoms with Gasteiger partial charge in [-0.3, -0.25) is 4.79 Å². The Morgan fingerprint density at radius 2 is 2.07 bits per heavy atom. The Hall–Kier alpha value is -1.11.